The van der Waals surface area contributed by atoms with Crippen molar-refractivity contribution in [3.63, 3.8) is 0 Å². The lowest BCUT2D eigenvalue weighted by Gasteiger charge is -2.28. The van der Waals surface area contributed by atoms with E-state index in [1.807, 2.05) is 23.1 Å². The molecule has 2 aliphatic rings. The Morgan fingerprint density at radius 1 is 1.04 bits per heavy atom. The number of para-hydroxylation sites is 2. The minimum absolute atomic E-state index is 0.0981. The zero-order valence-electron chi connectivity index (χ0n) is 27.7. The van der Waals surface area contributed by atoms with Crippen molar-refractivity contribution in [2.75, 3.05) is 58.3 Å². The first-order valence-electron chi connectivity index (χ1n) is 16.3. The molecule has 1 fully saturated rings. The molecule has 15 heteroatoms. The Labute approximate surface area is 298 Å². The number of amides is 1. The van der Waals surface area contributed by atoms with Crippen molar-refractivity contribution in [2.45, 2.75) is 37.5 Å². The molecule has 10 nitrogen and oxygen atoms in total. The Morgan fingerprint density at radius 2 is 1.86 bits per heavy atom. The molecule has 1 amide bonds. The molecule has 0 saturated carbocycles. The van der Waals surface area contributed by atoms with Gasteiger partial charge in [-0.05, 0) is 78.7 Å². The average molecular weight is 730 g/mol. The molecule has 2 atom stereocenters. The van der Waals surface area contributed by atoms with Gasteiger partial charge in [-0.3, -0.25) is 4.79 Å². The number of alkyl halides is 3. The molecule has 0 bridgehead atoms. The monoisotopic (exact) mass is 728 g/mol. The highest BCUT2D eigenvalue weighted by molar-refractivity contribution is 6.42. The van der Waals surface area contributed by atoms with E-state index in [2.05, 4.69) is 25.3 Å². The summed E-state index contributed by atoms with van der Waals surface area (Å²) in [4.78, 5) is 24.5. The maximum absolute atomic E-state index is 13.9. The first kappa shape index (κ1) is 35.6. The van der Waals surface area contributed by atoms with Gasteiger partial charge in [0.15, 0.2) is 0 Å². The Hall–Kier alpha value is -4.20. The van der Waals surface area contributed by atoms with E-state index < -0.39 is 12.7 Å². The standard InChI is InChI=1S/C35H37Cl2F3N8O2/c1-45(33(49)26-18-24(9-11-32(26)50-2)30-20-41-44-43-30)21-25(23-8-10-27(36)28(37)19-23)12-15-46-13-5-14-47(17-16-46)34-42-29-6-3-4-7-31(29)48(34)22-35(38,39)40/h3-4,6-11,18-20,25,30H,5,12-17,21-22H2,1-2H3. The average Bonchev–Trinajstić information content (AvgIpc) is 3.70. The van der Waals surface area contributed by atoms with Crippen molar-refractivity contribution < 1.29 is 22.7 Å². The Kier molecular flexibility index (Phi) is 10.9. The van der Waals surface area contributed by atoms with Crippen LogP contribution in [0.5, 0.6) is 5.75 Å². The van der Waals surface area contributed by atoms with E-state index in [4.69, 9.17) is 27.9 Å². The molecule has 0 N–H and O–H groups in total. The van der Waals surface area contributed by atoms with Crippen LogP contribution in [0.3, 0.4) is 0 Å². The van der Waals surface area contributed by atoms with Crippen molar-refractivity contribution >= 4 is 52.3 Å². The van der Waals surface area contributed by atoms with Crippen molar-refractivity contribution in [3.05, 3.63) is 87.4 Å². The summed E-state index contributed by atoms with van der Waals surface area (Å²) in [5.41, 5.74) is 3.13. The second kappa shape index (κ2) is 15.4. The van der Waals surface area contributed by atoms with E-state index in [-0.39, 0.29) is 17.9 Å². The number of likely N-dealkylation sites (N-methyl/N-ethyl adjacent to an activating group) is 1. The lowest BCUT2D eigenvalue weighted by atomic mass is 9.94. The van der Waals surface area contributed by atoms with Gasteiger partial charge in [-0.15, -0.1) is 5.10 Å². The van der Waals surface area contributed by atoms with Crippen LogP contribution in [-0.4, -0.2) is 91.1 Å². The third kappa shape index (κ3) is 8.22. The zero-order chi connectivity index (χ0) is 35.4. The summed E-state index contributed by atoms with van der Waals surface area (Å²) in [6.07, 6.45) is -1.32. The van der Waals surface area contributed by atoms with E-state index in [9.17, 15) is 18.0 Å². The molecule has 4 aromatic rings. The van der Waals surface area contributed by atoms with Crippen LogP contribution in [0.25, 0.3) is 11.0 Å². The molecular formula is C35H37Cl2F3N8O2. The summed E-state index contributed by atoms with van der Waals surface area (Å²) >= 11 is 12.7. The summed E-state index contributed by atoms with van der Waals surface area (Å²) in [6, 6.07) is 17.4. The predicted molar refractivity (Wildman–Crippen MR) is 189 cm³/mol. The number of ether oxygens (including phenoxy) is 1. The Morgan fingerprint density at radius 3 is 2.60 bits per heavy atom. The third-order valence-electron chi connectivity index (χ3n) is 9.12. The quantitative estimate of drug-likeness (QED) is 0.157. The number of nitrogens with zero attached hydrogens (tertiary/aromatic N) is 8. The largest absolute Gasteiger partial charge is 0.496 e. The highest BCUT2D eigenvalue weighted by Gasteiger charge is 2.32. The fourth-order valence-electron chi connectivity index (χ4n) is 6.56. The van der Waals surface area contributed by atoms with Crippen LogP contribution in [0.1, 0.15) is 46.3 Å². The molecular weight excluding hydrogens is 692 g/mol. The number of halogens is 5. The summed E-state index contributed by atoms with van der Waals surface area (Å²) in [7, 11) is 3.28. The third-order valence-corrected chi connectivity index (χ3v) is 9.86. The minimum Gasteiger partial charge on any atom is -0.496 e. The van der Waals surface area contributed by atoms with E-state index in [1.54, 1.807) is 60.6 Å². The number of hydrogen-bond donors (Lipinski definition) is 0. The number of carbonyl (C=O) groups is 1. The molecule has 2 unspecified atom stereocenters. The topological polar surface area (TPSA) is 90.9 Å². The lowest BCUT2D eigenvalue weighted by Crippen LogP contribution is -2.35. The smallest absolute Gasteiger partial charge is 0.406 e. The van der Waals surface area contributed by atoms with Gasteiger partial charge < -0.3 is 24.0 Å². The van der Waals surface area contributed by atoms with Crippen LogP contribution >= 0.6 is 23.2 Å². The fraction of sp³-hybridized carbons (Fsp3) is 0.400. The van der Waals surface area contributed by atoms with Gasteiger partial charge in [0.1, 0.15) is 18.3 Å². The zero-order valence-corrected chi connectivity index (χ0v) is 29.2. The molecule has 50 heavy (non-hydrogen) atoms. The van der Waals surface area contributed by atoms with Gasteiger partial charge in [0, 0.05) is 39.1 Å². The van der Waals surface area contributed by atoms with Crippen LogP contribution in [0.15, 0.2) is 76.1 Å². The maximum atomic E-state index is 13.9. The molecule has 0 spiro atoms. The van der Waals surface area contributed by atoms with Gasteiger partial charge in [0.05, 0.1) is 40.0 Å². The number of anilines is 1. The number of benzene rings is 3. The van der Waals surface area contributed by atoms with Gasteiger partial charge in [0.2, 0.25) is 5.95 Å². The molecule has 3 aromatic carbocycles. The first-order valence-corrected chi connectivity index (χ1v) is 17.1. The van der Waals surface area contributed by atoms with Crippen molar-refractivity contribution in [1.82, 2.24) is 19.4 Å². The summed E-state index contributed by atoms with van der Waals surface area (Å²) < 4.78 is 47.7. The van der Waals surface area contributed by atoms with Crippen LogP contribution in [0, 0.1) is 0 Å². The second-order valence-corrected chi connectivity index (χ2v) is 13.3. The highest BCUT2D eigenvalue weighted by atomic mass is 35.5. The van der Waals surface area contributed by atoms with E-state index in [0.29, 0.717) is 77.5 Å². The summed E-state index contributed by atoms with van der Waals surface area (Å²) in [5, 5.41) is 12.5. The number of carbonyl (C=O) groups excluding carboxylic acids is 1. The lowest BCUT2D eigenvalue weighted by molar-refractivity contribution is -0.139. The summed E-state index contributed by atoms with van der Waals surface area (Å²) in [5.74, 6) is 0.468. The van der Waals surface area contributed by atoms with Crippen LogP contribution in [0.2, 0.25) is 10.0 Å². The van der Waals surface area contributed by atoms with E-state index in [0.717, 1.165) is 24.1 Å². The maximum Gasteiger partial charge on any atom is 0.406 e. The van der Waals surface area contributed by atoms with Gasteiger partial charge in [-0.1, -0.05) is 47.5 Å². The Balaban J connectivity index is 1.17. The second-order valence-electron chi connectivity index (χ2n) is 12.5. The van der Waals surface area contributed by atoms with E-state index in [1.165, 1.54) is 11.7 Å². The fourth-order valence-corrected chi connectivity index (χ4v) is 6.87. The number of methoxy groups -OCH3 is 1. The molecule has 3 heterocycles. The number of rotatable bonds is 11. The molecule has 0 aliphatic carbocycles. The normalized spacial score (nSPS) is 17.3. The van der Waals surface area contributed by atoms with Crippen LogP contribution in [-0.2, 0) is 6.54 Å². The molecule has 1 saturated heterocycles. The van der Waals surface area contributed by atoms with Gasteiger partial charge in [-0.25, -0.2) is 4.98 Å². The van der Waals surface area contributed by atoms with Gasteiger partial charge >= 0.3 is 6.18 Å². The Bertz CT molecular complexity index is 1890. The SMILES string of the molecule is COc1ccc(C2C=NN=N2)cc1C(=O)N(C)CC(CCN1CCCN(c2nc3ccccc3n2CC(F)(F)F)CC1)c1ccc(Cl)c(Cl)c1. The van der Waals surface area contributed by atoms with Crippen LogP contribution in [0.4, 0.5) is 19.1 Å². The van der Waals surface area contributed by atoms with Crippen molar-refractivity contribution in [2.24, 2.45) is 15.4 Å². The number of fused-ring (bicyclic) bond motifs is 1. The van der Waals surface area contributed by atoms with Gasteiger partial charge in [0.25, 0.3) is 5.91 Å². The minimum atomic E-state index is -4.38. The highest BCUT2D eigenvalue weighted by Crippen LogP contribution is 2.32. The van der Waals surface area contributed by atoms with Crippen LogP contribution < -0.4 is 9.64 Å². The predicted octanol–water partition coefficient (Wildman–Crippen LogP) is 7.86. The molecule has 6 rings (SSSR count). The summed E-state index contributed by atoms with van der Waals surface area (Å²) in [6.45, 7) is 2.50. The van der Waals surface area contributed by atoms with Crippen molar-refractivity contribution in [1.29, 1.82) is 0 Å². The van der Waals surface area contributed by atoms with E-state index >= 15 is 0 Å². The van der Waals surface area contributed by atoms with Gasteiger partial charge in [-0.2, -0.15) is 18.3 Å². The van der Waals surface area contributed by atoms with Crippen molar-refractivity contribution in [3.8, 4) is 5.75 Å². The molecule has 264 valence electrons. The number of imidazole rings is 1. The number of hydrogen-bond acceptors (Lipinski definition) is 8. The molecule has 1 aromatic heterocycles. The molecule has 0 radical (unpaired) electrons. The molecule has 2 aliphatic heterocycles. The number of aromatic nitrogens is 2. The first-order chi connectivity index (χ1) is 24.0.